The SMILES string of the molecule is O=C(COC(=O)COc1ccccc1)NNC(=O)c1ccccc1. The van der Waals surface area contributed by atoms with Gasteiger partial charge < -0.3 is 9.47 Å². The molecule has 0 saturated heterocycles. The van der Waals surface area contributed by atoms with E-state index in [-0.39, 0.29) is 6.61 Å². The van der Waals surface area contributed by atoms with Gasteiger partial charge in [0.05, 0.1) is 0 Å². The Labute approximate surface area is 138 Å². The zero-order valence-electron chi connectivity index (χ0n) is 12.7. The molecule has 24 heavy (non-hydrogen) atoms. The van der Waals surface area contributed by atoms with Gasteiger partial charge in [-0.25, -0.2) is 4.79 Å². The molecule has 0 aliphatic heterocycles. The number of hydrogen-bond donors (Lipinski definition) is 2. The van der Waals surface area contributed by atoms with Gasteiger partial charge in [-0.1, -0.05) is 36.4 Å². The molecule has 0 bridgehead atoms. The lowest BCUT2D eigenvalue weighted by Crippen LogP contribution is -2.43. The van der Waals surface area contributed by atoms with Gasteiger partial charge in [0.15, 0.2) is 13.2 Å². The molecule has 0 heterocycles. The second-order valence-corrected chi connectivity index (χ2v) is 4.63. The van der Waals surface area contributed by atoms with E-state index in [1.807, 2.05) is 6.07 Å². The maximum atomic E-state index is 11.7. The number of rotatable bonds is 6. The van der Waals surface area contributed by atoms with Gasteiger partial charge >= 0.3 is 5.97 Å². The molecular formula is C17H16N2O5. The van der Waals surface area contributed by atoms with E-state index in [1.54, 1.807) is 54.6 Å². The summed E-state index contributed by atoms with van der Waals surface area (Å²) in [6, 6.07) is 17.1. The van der Waals surface area contributed by atoms with Crippen molar-refractivity contribution in [3.63, 3.8) is 0 Å². The van der Waals surface area contributed by atoms with Gasteiger partial charge in [-0.3, -0.25) is 20.4 Å². The van der Waals surface area contributed by atoms with Crippen molar-refractivity contribution in [1.29, 1.82) is 0 Å². The smallest absolute Gasteiger partial charge is 0.344 e. The number of ether oxygens (including phenoxy) is 2. The summed E-state index contributed by atoms with van der Waals surface area (Å²) >= 11 is 0. The van der Waals surface area contributed by atoms with E-state index < -0.39 is 24.4 Å². The van der Waals surface area contributed by atoms with Crippen LogP contribution in [0.1, 0.15) is 10.4 Å². The van der Waals surface area contributed by atoms with Crippen molar-refractivity contribution in [3.8, 4) is 5.75 Å². The Morgan fingerprint density at radius 2 is 1.42 bits per heavy atom. The second-order valence-electron chi connectivity index (χ2n) is 4.63. The number of carbonyl (C=O) groups is 3. The third kappa shape index (κ3) is 5.80. The first-order valence-electron chi connectivity index (χ1n) is 7.13. The first-order valence-corrected chi connectivity index (χ1v) is 7.13. The van der Waals surface area contributed by atoms with Crippen LogP contribution in [0.4, 0.5) is 0 Å². The van der Waals surface area contributed by atoms with Crippen LogP contribution in [-0.4, -0.2) is 31.0 Å². The van der Waals surface area contributed by atoms with Gasteiger partial charge in [-0.2, -0.15) is 0 Å². The molecule has 7 heteroatoms. The van der Waals surface area contributed by atoms with E-state index in [9.17, 15) is 14.4 Å². The quantitative estimate of drug-likeness (QED) is 0.611. The minimum Gasteiger partial charge on any atom is -0.482 e. The highest BCUT2D eigenvalue weighted by Crippen LogP contribution is 2.07. The molecule has 2 aromatic carbocycles. The molecule has 124 valence electrons. The highest BCUT2D eigenvalue weighted by Gasteiger charge is 2.10. The molecule has 2 rings (SSSR count). The van der Waals surface area contributed by atoms with E-state index in [4.69, 9.17) is 9.47 Å². The molecule has 0 radical (unpaired) electrons. The number of carbonyl (C=O) groups excluding carboxylic acids is 3. The van der Waals surface area contributed by atoms with E-state index >= 15 is 0 Å². The van der Waals surface area contributed by atoms with Crippen molar-refractivity contribution in [2.45, 2.75) is 0 Å². The summed E-state index contributed by atoms with van der Waals surface area (Å²) in [5.74, 6) is -1.30. The average molecular weight is 328 g/mol. The fraction of sp³-hybridized carbons (Fsp3) is 0.118. The topological polar surface area (TPSA) is 93.7 Å². The maximum absolute atomic E-state index is 11.7. The molecule has 0 aliphatic carbocycles. The number of hydrazine groups is 1. The molecule has 2 N–H and O–H groups in total. The normalized spacial score (nSPS) is 9.67. The Morgan fingerprint density at radius 3 is 2.08 bits per heavy atom. The molecule has 0 aromatic heterocycles. The molecule has 0 aliphatic rings. The van der Waals surface area contributed by atoms with Crippen LogP contribution in [0.3, 0.4) is 0 Å². The largest absolute Gasteiger partial charge is 0.482 e. The molecular weight excluding hydrogens is 312 g/mol. The van der Waals surface area contributed by atoms with Gasteiger partial charge in [0, 0.05) is 5.56 Å². The van der Waals surface area contributed by atoms with Gasteiger partial charge in [-0.15, -0.1) is 0 Å². The van der Waals surface area contributed by atoms with Crippen molar-refractivity contribution < 1.29 is 23.9 Å². The summed E-state index contributed by atoms with van der Waals surface area (Å²) in [4.78, 5) is 34.7. The van der Waals surface area contributed by atoms with Crippen LogP contribution >= 0.6 is 0 Å². The third-order valence-electron chi connectivity index (χ3n) is 2.82. The summed E-state index contributed by atoms with van der Waals surface area (Å²) in [5, 5.41) is 0. The molecule has 0 saturated carbocycles. The zero-order valence-corrected chi connectivity index (χ0v) is 12.7. The zero-order chi connectivity index (χ0) is 17.2. The fourth-order valence-corrected chi connectivity index (χ4v) is 1.67. The standard InChI is InChI=1S/C17H16N2O5/c20-15(18-19-17(22)13-7-3-1-4-8-13)11-24-16(21)12-23-14-9-5-2-6-10-14/h1-10H,11-12H2,(H,18,20)(H,19,22). The highest BCUT2D eigenvalue weighted by atomic mass is 16.6. The van der Waals surface area contributed by atoms with Crippen molar-refractivity contribution in [3.05, 3.63) is 66.2 Å². The van der Waals surface area contributed by atoms with Crippen LogP contribution in [0.2, 0.25) is 0 Å². The van der Waals surface area contributed by atoms with Crippen molar-refractivity contribution >= 4 is 17.8 Å². The Hall–Kier alpha value is -3.35. The minimum atomic E-state index is -0.691. The van der Waals surface area contributed by atoms with Crippen LogP contribution in [0.5, 0.6) is 5.75 Å². The number of para-hydroxylation sites is 1. The molecule has 0 fully saturated rings. The Bertz CT molecular complexity index is 689. The summed E-state index contributed by atoms with van der Waals surface area (Å²) in [7, 11) is 0. The molecule has 2 amide bonds. The fourth-order valence-electron chi connectivity index (χ4n) is 1.67. The minimum absolute atomic E-state index is 0.312. The predicted molar refractivity (Wildman–Crippen MR) is 84.9 cm³/mol. The first-order chi connectivity index (χ1) is 11.6. The lowest BCUT2D eigenvalue weighted by molar-refractivity contribution is -0.150. The second kappa shape index (κ2) is 8.94. The van der Waals surface area contributed by atoms with E-state index in [0.29, 0.717) is 11.3 Å². The molecule has 2 aromatic rings. The number of nitrogens with one attached hydrogen (secondary N) is 2. The summed E-state index contributed by atoms with van der Waals surface area (Å²) in [6.45, 7) is -0.834. The van der Waals surface area contributed by atoms with Crippen LogP contribution in [-0.2, 0) is 14.3 Å². The molecule has 0 spiro atoms. The van der Waals surface area contributed by atoms with Crippen LogP contribution in [0, 0.1) is 0 Å². The molecule has 0 unspecified atom stereocenters. The van der Waals surface area contributed by atoms with Crippen molar-refractivity contribution in [1.82, 2.24) is 10.9 Å². The average Bonchev–Trinajstić information content (AvgIpc) is 2.64. The lowest BCUT2D eigenvalue weighted by atomic mass is 10.2. The third-order valence-corrected chi connectivity index (χ3v) is 2.82. The first kappa shape index (κ1) is 17.0. The van der Waals surface area contributed by atoms with Crippen LogP contribution < -0.4 is 15.6 Å². The molecule has 7 nitrogen and oxygen atoms in total. The lowest BCUT2D eigenvalue weighted by Gasteiger charge is -2.08. The van der Waals surface area contributed by atoms with Crippen LogP contribution in [0.15, 0.2) is 60.7 Å². The highest BCUT2D eigenvalue weighted by molar-refractivity contribution is 5.95. The van der Waals surface area contributed by atoms with E-state index in [1.165, 1.54) is 0 Å². The van der Waals surface area contributed by atoms with E-state index in [0.717, 1.165) is 0 Å². The van der Waals surface area contributed by atoms with Gasteiger partial charge in [0.25, 0.3) is 11.8 Å². The maximum Gasteiger partial charge on any atom is 0.344 e. The molecule has 0 atom stereocenters. The number of esters is 1. The van der Waals surface area contributed by atoms with Gasteiger partial charge in [0.1, 0.15) is 5.75 Å². The van der Waals surface area contributed by atoms with E-state index in [2.05, 4.69) is 10.9 Å². The number of amides is 2. The Balaban J connectivity index is 1.64. The predicted octanol–water partition coefficient (Wildman–Crippen LogP) is 1.07. The Morgan fingerprint density at radius 1 is 0.792 bits per heavy atom. The summed E-state index contributed by atoms with van der Waals surface area (Å²) in [6.07, 6.45) is 0. The monoisotopic (exact) mass is 328 g/mol. The van der Waals surface area contributed by atoms with Crippen molar-refractivity contribution in [2.75, 3.05) is 13.2 Å². The summed E-state index contributed by atoms with van der Waals surface area (Å²) < 4.78 is 9.92. The number of benzene rings is 2. The number of hydrogen-bond acceptors (Lipinski definition) is 5. The van der Waals surface area contributed by atoms with Crippen molar-refractivity contribution in [2.24, 2.45) is 0 Å². The summed E-state index contributed by atoms with van der Waals surface area (Å²) in [5.41, 5.74) is 4.77. The van der Waals surface area contributed by atoms with Crippen LogP contribution in [0.25, 0.3) is 0 Å². The van der Waals surface area contributed by atoms with Gasteiger partial charge in [-0.05, 0) is 24.3 Å². The Kier molecular flexibility index (Phi) is 6.34. The van der Waals surface area contributed by atoms with Gasteiger partial charge in [0.2, 0.25) is 0 Å².